The van der Waals surface area contributed by atoms with Crippen molar-refractivity contribution in [3.8, 4) is 22.6 Å². The van der Waals surface area contributed by atoms with Gasteiger partial charge in [0.25, 0.3) is 0 Å². The van der Waals surface area contributed by atoms with E-state index >= 15 is 0 Å². The Kier molecular flexibility index (Phi) is 8.66. The van der Waals surface area contributed by atoms with Crippen LogP contribution in [0.4, 0.5) is 11.4 Å². The van der Waals surface area contributed by atoms with Crippen LogP contribution in [0.15, 0.2) is 52.9 Å². The van der Waals surface area contributed by atoms with Gasteiger partial charge in [-0.3, -0.25) is 10.8 Å². The van der Waals surface area contributed by atoms with Gasteiger partial charge < -0.3 is 26.5 Å². The lowest BCUT2D eigenvalue weighted by Crippen LogP contribution is -2.20. The van der Waals surface area contributed by atoms with E-state index in [1.807, 2.05) is 0 Å². The number of hydrogen-bond donors (Lipinski definition) is 6. The van der Waals surface area contributed by atoms with Crippen LogP contribution in [-0.2, 0) is 0 Å². The standard InChI is InChI=1S/C18H16Cl2N6O.2ClH/c19-13-7-9(25-17(21)22)1-3-11(13)15-5-6-16(27-15)12-4-2-10(8-14(12)20)26-18(23)24;;/h1-8H,(H4,21,22,25)(H4,23,24,26);2*1H. The van der Waals surface area contributed by atoms with Crippen LogP contribution in [0, 0.1) is 10.8 Å². The molecular formula is C18H18Cl4N6O. The minimum atomic E-state index is -0.170. The van der Waals surface area contributed by atoms with E-state index in [0.29, 0.717) is 44.1 Å². The zero-order valence-corrected chi connectivity index (χ0v) is 17.9. The molecular weight excluding hydrogens is 458 g/mol. The second kappa shape index (κ2) is 10.3. The first-order chi connectivity index (χ1) is 12.8. The molecule has 3 rings (SSSR count). The molecule has 1 aromatic heterocycles. The number of hydrogen-bond acceptors (Lipinski definition) is 3. The molecule has 1 heterocycles. The van der Waals surface area contributed by atoms with Crippen LogP contribution in [0.2, 0.25) is 10.0 Å². The molecule has 0 aliphatic rings. The highest BCUT2D eigenvalue weighted by molar-refractivity contribution is 6.34. The molecule has 0 radical (unpaired) electrons. The van der Waals surface area contributed by atoms with E-state index in [2.05, 4.69) is 10.6 Å². The maximum absolute atomic E-state index is 7.26. The molecule has 0 saturated carbocycles. The Morgan fingerprint density at radius 1 is 0.724 bits per heavy atom. The summed E-state index contributed by atoms with van der Waals surface area (Å²) in [5.74, 6) is 0.811. The summed E-state index contributed by atoms with van der Waals surface area (Å²) in [5, 5.41) is 20.8. The van der Waals surface area contributed by atoms with Crippen LogP contribution in [0.1, 0.15) is 0 Å². The van der Waals surface area contributed by atoms with Crippen LogP contribution < -0.4 is 22.1 Å². The van der Waals surface area contributed by atoms with Crippen LogP contribution >= 0.6 is 48.0 Å². The summed E-state index contributed by atoms with van der Waals surface area (Å²) < 4.78 is 5.92. The fourth-order valence-corrected chi connectivity index (χ4v) is 3.07. The topological polar surface area (TPSA) is 137 Å². The number of nitrogens with one attached hydrogen (secondary N) is 4. The van der Waals surface area contributed by atoms with Crippen molar-refractivity contribution in [1.29, 1.82) is 10.8 Å². The van der Waals surface area contributed by atoms with Crippen molar-refractivity contribution in [2.45, 2.75) is 0 Å². The summed E-state index contributed by atoms with van der Waals surface area (Å²) in [5.41, 5.74) is 13.3. The van der Waals surface area contributed by atoms with Gasteiger partial charge in [0.2, 0.25) is 0 Å². The number of benzene rings is 2. The SMILES string of the molecule is Cl.Cl.N=C(N)Nc1ccc(-c2ccc(-c3ccc(NC(=N)N)cc3Cl)o2)c(Cl)c1. The Hall–Kier alpha value is -2.58. The Labute approximate surface area is 189 Å². The van der Waals surface area contributed by atoms with Gasteiger partial charge in [-0.25, -0.2) is 0 Å². The normalized spacial score (nSPS) is 9.72. The van der Waals surface area contributed by atoms with Crippen LogP contribution in [0.25, 0.3) is 22.6 Å². The lowest BCUT2D eigenvalue weighted by Gasteiger charge is -2.08. The first-order valence-electron chi connectivity index (χ1n) is 7.75. The second-order valence-electron chi connectivity index (χ2n) is 5.63. The van der Waals surface area contributed by atoms with Gasteiger partial charge in [0.05, 0.1) is 10.0 Å². The third-order valence-corrected chi connectivity index (χ3v) is 4.26. The number of guanidine groups is 2. The largest absolute Gasteiger partial charge is 0.456 e. The van der Waals surface area contributed by atoms with E-state index in [9.17, 15) is 0 Å². The molecule has 0 amide bonds. The van der Waals surface area contributed by atoms with Crippen molar-refractivity contribution < 1.29 is 4.42 Å². The summed E-state index contributed by atoms with van der Waals surface area (Å²) in [6.45, 7) is 0. The molecule has 0 unspecified atom stereocenters. The number of anilines is 2. The Morgan fingerprint density at radius 2 is 1.10 bits per heavy atom. The maximum atomic E-state index is 7.26. The lowest BCUT2D eigenvalue weighted by atomic mass is 10.1. The molecule has 2 aromatic carbocycles. The van der Waals surface area contributed by atoms with Crippen molar-refractivity contribution in [2.24, 2.45) is 11.5 Å². The third kappa shape index (κ3) is 5.95. The van der Waals surface area contributed by atoms with E-state index < -0.39 is 0 Å². The Balaban J connectivity index is 0.00000210. The van der Waals surface area contributed by atoms with E-state index in [-0.39, 0.29) is 36.7 Å². The molecule has 3 aromatic rings. The average molecular weight is 476 g/mol. The predicted molar refractivity (Wildman–Crippen MR) is 125 cm³/mol. The van der Waals surface area contributed by atoms with Crippen molar-refractivity contribution in [3.05, 3.63) is 58.6 Å². The first kappa shape index (κ1) is 24.5. The van der Waals surface area contributed by atoms with Crippen molar-refractivity contribution in [3.63, 3.8) is 0 Å². The molecule has 0 atom stereocenters. The molecule has 7 nitrogen and oxygen atoms in total. The van der Waals surface area contributed by atoms with Gasteiger partial charge in [-0.15, -0.1) is 24.8 Å². The predicted octanol–water partition coefficient (Wildman–Crippen LogP) is 5.37. The highest BCUT2D eigenvalue weighted by atomic mass is 35.5. The Morgan fingerprint density at radius 3 is 1.41 bits per heavy atom. The molecule has 8 N–H and O–H groups in total. The zero-order valence-electron chi connectivity index (χ0n) is 14.8. The van der Waals surface area contributed by atoms with E-state index in [1.165, 1.54) is 0 Å². The highest BCUT2D eigenvalue weighted by Gasteiger charge is 2.13. The average Bonchev–Trinajstić information content (AvgIpc) is 3.03. The summed E-state index contributed by atoms with van der Waals surface area (Å²) >= 11 is 12.7. The molecule has 11 heteroatoms. The number of nitrogens with two attached hydrogens (primary N) is 2. The summed E-state index contributed by atoms with van der Waals surface area (Å²) in [4.78, 5) is 0. The lowest BCUT2D eigenvalue weighted by molar-refractivity contribution is 0.597. The van der Waals surface area contributed by atoms with Crippen molar-refractivity contribution in [1.82, 2.24) is 0 Å². The number of rotatable bonds is 4. The number of halogens is 4. The van der Waals surface area contributed by atoms with Crippen LogP contribution in [0.5, 0.6) is 0 Å². The van der Waals surface area contributed by atoms with E-state index in [0.717, 1.165) is 0 Å². The van der Waals surface area contributed by atoms with Crippen molar-refractivity contribution >= 4 is 71.3 Å². The van der Waals surface area contributed by atoms with Gasteiger partial charge in [0, 0.05) is 22.5 Å². The molecule has 0 aliphatic heterocycles. The molecule has 0 spiro atoms. The van der Waals surface area contributed by atoms with Crippen LogP contribution in [0.3, 0.4) is 0 Å². The smallest absolute Gasteiger partial charge is 0.190 e. The van der Waals surface area contributed by atoms with Gasteiger partial charge in [0.1, 0.15) is 11.5 Å². The summed E-state index contributed by atoms with van der Waals surface area (Å²) in [6.07, 6.45) is 0. The monoisotopic (exact) mass is 474 g/mol. The minimum absolute atomic E-state index is 0. The molecule has 29 heavy (non-hydrogen) atoms. The van der Waals surface area contributed by atoms with Crippen molar-refractivity contribution in [2.75, 3.05) is 10.6 Å². The van der Waals surface area contributed by atoms with Gasteiger partial charge in [-0.1, -0.05) is 23.2 Å². The van der Waals surface area contributed by atoms with Gasteiger partial charge in [0.15, 0.2) is 11.9 Å². The van der Waals surface area contributed by atoms with Gasteiger partial charge in [-0.05, 0) is 48.5 Å². The molecule has 0 fully saturated rings. The molecule has 0 bridgehead atoms. The zero-order chi connectivity index (χ0) is 19.6. The molecule has 154 valence electrons. The Bertz CT molecular complexity index is 957. The molecule has 0 aliphatic carbocycles. The highest BCUT2D eigenvalue weighted by Crippen LogP contribution is 2.37. The first-order valence-corrected chi connectivity index (χ1v) is 8.51. The summed E-state index contributed by atoms with van der Waals surface area (Å²) in [6, 6.07) is 14.0. The molecule has 0 saturated heterocycles. The van der Waals surface area contributed by atoms with E-state index in [4.69, 9.17) is 49.9 Å². The maximum Gasteiger partial charge on any atom is 0.190 e. The summed E-state index contributed by atoms with van der Waals surface area (Å²) in [7, 11) is 0. The van der Waals surface area contributed by atoms with Crippen LogP contribution in [-0.4, -0.2) is 11.9 Å². The quantitative estimate of drug-likeness (QED) is 0.222. The fourth-order valence-electron chi connectivity index (χ4n) is 2.52. The van der Waals surface area contributed by atoms with E-state index in [1.54, 1.807) is 48.5 Å². The number of furan rings is 1. The third-order valence-electron chi connectivity index (χ3n) is 3.63. The second-order valence-corrected chi connectivity index (χ2v) is 6.44. The fraction of sp³-hybridized carbons (Fsp3) is 0. The van der Waals surface area contributed by atoms with Gasteiger partial charge in [-0.2, -0.15) is 0 Å². The van der Waals surface area contributed by atoms with Gasteiger partial charge >= 0.3 is 0 Å². The minimum Gasteiger partial charge on any atom is -0.456 e.